The van der Waals surface area contributed by atoms with Crippen molar-refractivity contribution < 1.29 is 14.7 Å². The number of nitrogens with one attached hydrogen (secondary N) is 2. The molecule has 1 fully saturated rings. The van der Waals surface area contributed by atoms with Gasteiger partial charge in [-0.1, -0.05) is 6.42 Å². The molecule has 1 rings (SSSR count). The number of unbranched alkanes of at least 4 members (excludes halogenated alkanes) is 2. The smallest absolute Gasteiger partial charge is 0.220 e. The van der Waals surface area contributed by atoms with E-state index in [2.05, 4.69) is 10.6 Å². The molecule has 0 unspecified atom stereocenters. The van der Waals surface area contributed by atoms with Gasteiger partial charge in [0.05, 0.1) is 12.1 Å². The molecule has 0 aromatic heterocycles. The molecule has 2 amide bonds. The second-order valence-electron chi connectivity index (χ2n) is 4.78. The predicted molar refractivity (Wildman–Crippen MR) is 64.3 cm³/mol. The van der Waals surface area contributed by atoms with E-state index in [0.717, 1.165) is 32.1 Å². The Kier molecular flexibility index (Phi) is 5.41. The lowest BCUT2D eigenvalue weighted by atomic mass is 10.1. The molecule has 0 aromatic rings. The summed E-state index contributed by atoms with van der Waals surface area (Å²) in [5.74, 6) is 0.0115. The van der Waals surface area contributed by atoms with Crippen LogP contribution < -0.4 is 10.6 Å². The maximum absolute atomic E-state index is 11.5. The van der Waals surface area contributed by atoms with Gasteiger partial charge in [0.15, 0.2) is 0 Å². The number of rotatable bonds is 8. The zero-order valence-corrected chi connectivity index (χ0v) is 10.4. The Morgan fingerprint density at radius 3 is 2.47 bits per heavy atom. The van der Waals surface area contributed by atoms with E-state index >= 15 is 0 Å². The lowest BCUT2D eigenvalue weighted by molar-refractivity contribution is -0.122. The summed E-state index contributed by atoms with van der Waals surface area (Å²) in [4.78, 5) is 22.1. The van der Waals surface area contributed by atoms with Crippen LogP contribution in [0.3, 0.4) is 0 Å². The van der Waals surface area contributed by atoms with Crippen molar-refractivity contribution in [3.05, 3.63) is 0 Å². The van der Waals surface area contributed by atoms with Gasteiger partial charge in [0, 0.05) is 19.9 Å². The number of aliphatic hydroxyl groups excluding tert-OH is 1. The highest BCUT2D eigenvalue weighted by Gasteiger charge is 2.43. The highest BCUT2D eigenvalue weighted by atomic mass is 16.3. The van der Waals surface area contributed by atoms with E-state index in [4.69, 9.17) is 5.11 Å². The average molecular weight is 242 g/mol. The Bertz CT molecular complexity index is 275. The third kappa shape index (κ3) is 5.68. The summed E-state index contributed by atoms with van der Waals surface area (Å²) in [6, 6.07) is 0. The first-order valence-electron chi connectivity index (χ1n) is 6.24. The first-order chi connectivity index (χ1) is 8.08. The summed E-state index contributed by atoms with van der Waals surface area (Å²) in [7, 11) is 0. The summed E-state index contributed by atoms with van der Waals surface area (Å²) in [5.41, 5.74) is -0.298. The second kappa shape index (κ2) is 6.59. The maximum atomic E-state index is 11.5. The molecule has 17 heavy (non-hydrogen) atoms. The van der Waals surface area contributed by atoms with E-state index < -0.39 is 0 Å². The fourth-order valence-electron chi connectivity index (χ4n) is 1.68. The third-order valence-corrected chi connectivity index (χ3v) is 3.02. The van der Waals surface area contributed by atoms with Crippen LogP contribution >= 0.6 is 0 Å². The third-order valence-electron chi connectivity index (χ3n) is 3.02. The van der Waals surface area contributed by atoms with Gasteiger partial charge in [-0.15, -0.1) is 0 Å². The molecule has 0 aliphatic heterocycles. The molecular weight excluding hydrogens is 220 g/mol. The van der Waals surface area contributed by atoms with Crippen LogP contribution in [0.25, 0.3) is 0 Å². The first kappa shape index (κ1) is 14.0. The van der Waals surface area contributed by atoms with Crippen LogP contribution in [-0.2, 0) is 9.59 Å². The summed E-state index contributed by atoms with van der Waals surface area (Å²) >= 11 is 0. The molecule has 0 heterocycles. The zero-order valence-electron chi connectivity index (χ0n) is 10.4. The van der Waals surface area contributed by atoms with Crippen molar-refractivity contribution in [1.82, 2.24) is 10.6 Å². The highest BCUT2D eigenvalue weighted by molar-refractivity contribution is 5.77. The fourth-order valence-corrected chi connectivity index (χ4v) is 1.68. The Hall–Kier alpha value is -1.10. The van der Waals surface area contributed by atoms with Crippen molar-refractivity contribution in [1.29, 1.82) is 0 Å². The van der Waals surface area contributed by atoms with Crippen molar-refractivity contribution in [2.75, 3.05) is 13.2 Å². The van der Waals surface area contributed by atoms with E-state index in [9.17, 15) is 9.59 Å². The van der Waals surface area contributed by atoms with Gasteiger partial charge in [-0.2, -0.15) is 0 Å². The average Bonchev–Trinajstić information content (AvgIpc) is 3.03. The quantitative estimate of drug-likeness (QED) is 0.536. The summed E-state index contributed by atoms with van der Waals surface area (Å²) in [6.45, 7) is 2.22. The molecule has 0 radical (unpaired) electrons. The van der Waals surface area contributed by atoms with Crippen LogP contribution in [0.1, 0.15) is 45.4 Å². The minimum atomic E-state index is -0.298. The summed E-state index contributed by atoms with van der Waals surface area (Å²) in [6.07, 6.45) is 4.93. The van der Waals surface area contributed by atoms with E-state index in [1.54, 1.807) is 0 Å². The number of aliphatic hydroxyl groups is 1. The van der Waals surface area contributed by atoms with Crippen LogP contribution in [0.15, 0.2) is 0 Å². The van der Waals surface area contributed by atoms with Crippen LogP contribution in [0.5, 0.6) is 0 Å². The van der Waals surface area contributed by atoms with Gasteiger partial charge in [0.2, 0.25) is 11.8 Å². The standard InChI is InChI=1S/C12H22N2O3/c1-10(16)13-8-4-2-3-5-11(17)14-12(9-15)6-7-12/h15H,2-9H2,1H3,(H,13,16)(H,14,17). The normalized spacial score (nSPS) is 16.4. The van der Waals surface area contributed by atoms with Crippen molar-refractivity contribution >= 4 is 11.8 Å². The topological polar surface area (TPSA) is 78.4 Å². The van der Waals surface area contributed by atoms with Gasteiger partial charge in [0.25, 0.3) is 0 Å². The van der Waals surface area contributed by atoms with Gasteiger partial charge >= 0.3 is 0 Å². The molecule has 1 aliphatic carbocycles. The molecule has 3 N–H and O–H groups in total. The van der Waals surface area contributed by atoms with Crippen LogP contribution in [0.2, 0.25) is 0 Å². The number of hydrogen-bond donors (Lipinski definition) is 3. The van der Waals surface area contributed by atoms with Gasteiger partial charge in [0.1, 0.15) is 0 Å². The lowest BCUT2D eigenvalue weighted by Crippen LogP contribution is -2.39. The van der Waals surface area contributed by atoms with Crippen LogP contribution in [-0.4, -0.2) is 35.6 Å². The minimum Gasteiger partial charge on any atom is -0.394 e. The molecular formula is C12H22N2O3. The molecule has 98 valence electrons. The molecule has 0 bridgehead atoms. The SMILES string of the molecule is CC(=O)NCCCCCC(=O)NC1(CO)CC1. The molecule has 0 spiro atoms. The molecule has 1 aliphatic rings. The Morgan fingerprint density at radius 1 is 1.24 bits per heavy atom. The number of carbonyl (C=O) groups excluding carboxylic acids is 2. The highest BCUT2D eigenvalue weighted by Crippen LogP contribution is 2.34. The first-order valence-corrected chi connectivity index (χ1v) is 6.24. The Morgan fingerprint density at radius 2 is 1.94 bits per heavy atom. The van der Waals surface area contributed by atoms with Crippen LogP contribution in [0, 0.1) is 0 Å². The van der Waals surface area contributed by atoms with E-state index in [1.165, 1.54) is 6.92 Å². The molecule has 0 saturated heterocycles. The zero-order chi connectivity index (χ0) is 12.7. The van der Waals surface area contributed by atoms with Crippen LogP contribution in [0.4, 0.5) is 0 Å². The van der Waals surface area contributed by atoms with Gasteiger partial charge in [-0.05, 0) is 25.7 Å². The maximum Gasteiger partial charge on any atom is 0.220 e. The van der Waals surface area contributed by atoms with E-state index in [1.807, 2.05) is 0 Å². The van der Waals surface area contributed by atoms with Gasteiger partial charge < -0.3 is 15.7 Å². The predicted octanol–water partition coefficient (Wildman–Crippen LogP) is 0.324. The van der Waals surface area contributed by atoms with Gasteiger partial charge in [-0.25, -0.2) is 0 Å². The summed E-state index contributed by atoms with van der Waals surface area (Å²) in [5, 5.41) is 14.6. The molecule has 0 aromatic carbocycles. The molecule has 0 atom stereocenters. The van der Waals surface area contributed by atoms with E-state index in [0.29, 0.717) is 13.0 Å². The Labute approximate surface area is 102 Å². The number of carbonyl (C=O) groups is 2. The Balaban J connectivity index is 1.95. The van der Waals surface area contributed by atoms with E-state index in [-0.39, 0.29) is 24.0 Å². The summed E-state index contributed by atoms with van der Waals surface area (Å²) < 4.78 is 0. The molecule has 1 saturated carbocycles. The minimum absolute atomic E-state index is 0.0126. The van der Waals surface area contributed by atoms with Crippen molar-refractivity contribution in [2.45, 2.75) is 51.0 Å². The van der Waals surface area contributed by atoms with Crippen molar-refractivity contribution in [2.24, 2.45) is 0 Å². The van der Waals surface area contributed by atoms with Gasteiger partial charge in [-0.3, -0.25) is 9.59 Å². The monoisotopic (exact) mass is 242 g/mol. The molecule has 5 nitrogen and oxygen atoms in total. The van der Waals surface area contributed by atoms with Crippen molar-refractivity contribution in [3.8, 4) is 0 Å². The number of hydrogen-bond acceptors (Lipinski definition) is 3. The second-order valence-corrected chi connectivity index (χ2v) is 4.78. The van der Waals surface area contributed by atoms with Crippen molar-refractivity contribution in [3.63, 3.8) is 0 Å². The largest absolute Gasteiger partial charge is 0.394 e. The number of amides is 2. The lowest BCUT2D eigenvalue weighted by Gasteiger charge is -2.13. The molecule has 5 heteroatoms. The fraction of sp³-hybridized carbons (Fsp3) is 0.833.